The van der Waals surface area contributed by atoms with Gasteiger partial charge in [-0.3, -0.25) is 33.0 Å². The molecule has 53 heavy (non-hydrogen) atoms. The first-order chi connectivity index (χ1) is 24.5. The van der Waals surface area contributed by atoms with E-state index in [-0.39, 0.29) is 55.6 Å². The Morgan fingerprint density at radius 1 is 0.434 bits per heavy atom. The standard InChI is InChI=1S/C6H10O4.C5H10O5S.C5H10O3.C4H10O3S.2C4H8O2.C3H8O/c1-3-6(8)10-4-9-5(2)7;1-3-11(7,8)10-4-9-5(2)6;1-3-7-4-8-5(2)6;1-3-7-8(5,6)4-2;1-3-4(5)6-2;1-3-6-4(2)5;1-3-4-2/h3-4H2,1-2H3;3-4H2,1-2H3;2*3-4H2,1-2H3;2*3H2,1-2H3;3H2,1-2H3. The van der Waals surface area contributed by atoms with Gasteiger partial charge in [0.15, 0.2) is 6.79 Å². The zero-order valence-corrected chi connectivity index (χ0v) is 35.4. The number of carbonyl (C=O) groups excluding carboxylic acids is 6. The van der Waals surface area contributed by atoms with Crippen LogP contribution in [0.25, 0.3) is 0 Å². The van der Waals surface area contributed by atoms with Crippen molar-refractivity contribution >= 4 is 56.1 Å². The number of hydrogen-bond donors (Lipinski definition) is 0. The van der Waals surface area contributed by atoms with E-state index in [1.165, 1.54) is 41.7 Å². The second kappa shape index (κ2) is 48.6. The maximum atomic E-state index is 10.6. The fraction of sp³-hybridized carbons (Fsp3) is 0.806. The summed E-state index contributed by atoms with van der Waals surface area (Å²) in [4.78, 5) is 60.4. The van der Waals surface area contributed by atoms with Gasteiger partial charge in [-0.2, -0.15) is 16.8 Å². The Morgan fingerprint density at radius 2 is 0.811 bits per heavy atom. The first kappa shape index (κ1) is 64.5. The van der Waals surface area contributed by atoms with Crippen LogP contribution in [0.3, 0.4) is 0 Å². The van der Waals surface area contributed by atoms with Gasteiger partial charge in [-0.05, 0) is 41.5 Å². The molecule has 0 rings (SSSR count). The molecule has 0 bridgehead atoms. The number of carbonyl (C=O) groups is 6. The monoisotopic (exact) mass is 820 g/mol. The third-order valence-electron chi connectivity index (χ3n) is 3.97. The highest BCUT2D eigenvalue weighted by molar-refractivity contribution is 7.86. The second-order valence-electron chi connectivity index (χ2n) is 8.27. The van der Waals surface area contributed by atoms with Crippen LogP contribution in [0.5, 0.6) is 0 Å². The summed E-state index contributed by atoms with van der Waals surface area (Å²) >= 11 is 0. The highest BCUT2D eigenvalue weighted by Gasteiger charge is 2.07. The highest BCUT2D eigenvalue weighted by Crippen LogP contribution is 1.92. The van der Waals surface area contributed by atoms with Gasteiger partial charge in [0.25, 0.3) is 20.2 Å². The van der Waals surface area contributed by atoms with Gasteiger partial charge in [0.2, 0.25) is 13.6 Å². The number of rotatable bonds is 16. The van der Waals surface area contributed by atoms with E-state index in [1.807, 2.05) is 13.8 Å². The summed E-state index contributed by atoms with van der Waals surface area (Å²) in [7, 11) is -3.60. The molecule has 0 aromatic rings. The zero-order valence-electron chi connectivity index (χ0n) is 33.8. The highest BCUT2D eigenvalue weighted by atomic mass is 32.2. The lowest BCUT2D eigenvalue weighted by Gasteiger charge is -2.01. The molecule has 0 aliphatic carbocycles. The smallest absolute Gasteiger partial charge is 0.308 e. The quantitative estimate of drug-likeness (QED) is 0.0712. The molecule has 0 aliphatic rings. The van der Waals surface area contributed by atoms with Gasteiger partial charge in [-0.25, -0.2) is 4.18 Å². The Morgan fingerprint density at radius 3 is 1.04 bits per heavy atom. The maximum absolute atomic E-state index is 10.6. The molecule has 0 aromatic heterocycles. The largest absolute Gasteiger partial charge is 0.469 e. The summed E-state index contributed by atoms with van der Waals surface area (Å²) < 4.78 is 85.8. The van der Waals surface area contributed by atoms with E-state index in [9.17, 15) is 45.6 Å². The van der Waals surface area contributed by atoms with Crippen molar-refractivity contribution in [3.63, 3.8) is 0 Å². The number of methoxy groups -OCH3 is 2. The van der Waals surface area contributed by atoms with Crippen LogP contribution in [0.1, 0.15) is 95.9 Å². The summed E-state index contributed by atoms with van der Waals surface area (Å²) in [6, 6.07) is 0. The molecule has 0 aromatic carbocycles. The van der Waals surface area contributed by atoms with Crippen molar-refractivity contribution in [3.05, 3.63) is 0 Å². The summed E-state index contributed by atoms with van der Waals surface area (Å²) in [5.74, 6) is -2.15. The molecule has 0 aliphatic heterocycles. The fourth-order valence-corrected chi connectivity index (χ4v) is 2.25. The summed E-state index contributed by atoms with van der Waals surface area (Å²) in [6.07, 6.45) is 0.762. The zero-order chi connectivity index (χ0) is 43.3. The van der Waals surface area contributed by atoms with E-state index in [1.54, 1.807) is 41.7 Å². The summed E-state index contributed by atoms with van der Waals surface area (Å²) in [5, 5.41) is 0. The number of ether oxygens (including phenoxy) is 8. The van der Waals surface area contributed by atoms with Crippen LogP contribution in [0.15, 0.2) is 0 Å². The van der Waals surface area contributed by atoms with Gasteiger partial charge in [-0.15, -0.1) is 0 Å². The van der Waals surface area contributed by atoms with Crippen LogP contribution in [-0.2, 0) is 95.3 Å². The van der Waals surface area contributed by atoms with Crippen molar-refractivity contribution < 1.29 is 91.9 Å². The van der Waals surface area contributed by atoms with Gasteiger partial charge < -0.3 is 37.9 Å². The van der Waals surface area contributed by atoms with E-state index in [0.29, 0.717) is 26.1 Å². The Hall–Kier alpha value is -3.44. The molecule has 0 amide bonds. The van der Waals surface area contributed by atoms with Crippen LogP contribution in [0, 0.1) is 0 Å². The molecule has 0 heterocycles. The van der Waals surface area contributed by atoms with Crippen molar-refractivity contribution in [1.29, 1.82) is 0 Å². The van der Waals surface area contributed by atoms with Crippen LogP contribution in [-0.4, -0.2) is 125 Å². The van der Waals surface area contributed by atoms with E-state index >= 15 is 0 Å². The topological polar surface area (TPSA) is 263 Å². The Labute approximate surface area is 315 Å². The first-order valence-corrected chi connectivity index (χ1v) is 19.2. The SMILES string of the molecule is CCC(=O)OC.CCC(=O)OCOC(C)=O.CCOC.CCOC(C)=O.CCOCOC(C)=O.CCOS(=O)(=O)CC.CCS(=O)(=O)OCOC(C)=O. The maximum Gasteiger partial charge on any atom is 0.308 e. The molecular weight excluding hydrogens is 756 g/mol. The molecule has 0 spiro atoms. The van der Waals surface area contributed by atoms with Crippen molar-refractivity contribution in [2.24, 2.45) is 0 Å². The number of hydrogen-bond acceptors (Lipinski definition) is 20. The lowest BCUT2D eigenvalue weighted by molar-refractivity contribution is -0.165. The molecule has 0 unspecified atom stereocenters. The molecule has 0 radical (unpaired) electrons. The third kappa shape index (κ3) is 88.1. The molecular formula is C31H64O20S2. The van der Waals surface area contributed by atoms with Crippen LogP contribution in [0.2, 0.25) is 0 Å². The lowest BCUT2D eigenvalue weighted by atomic mass is 10.5. The van der Waals surface area contributed by atoms with E-state index in [2.05, 4.69) is 41.5 Å². The van der Waals surface area contributed by atoms with Gasteiger partial charge in [0.1, 0.15) is 0 Å². The van der Waals surface area contributed by atoms with Gasteiger partial charge >= 0.3 is 35.8 Å². The molecule has 22 heteroatoms. The molecule has 0 N–H and O–H groups in total. The second-order valence-corrected chi connectivity index (χ2v) is 12.1. The molecule has 0 saturated heterocycles. The molecule has 0 saturated carbocycles. The summed E-state index contributed by atoms with van der Waals surface area (Å²) in [6.45, 7) is 20.1. The van der Waals surface area contributed by atoms with E-state index < -0.39 is 39.0 Å². The molecule has 20 nitrogen and oxygen atoms in total. The van der Waals surface area contributed by atoms with Gasteiger partial charge in [0, 0.05) is 60.9 Å². The van der Waals surface area contributed by atoms with Crippen molar-refractivity contribution in [1.82, 2.24) is 0 Å². The lowest BCUT2D eigenvalue weighted by Crippen LogP contribution is -2.12. The Bertz CT molecular complexity index is 1100. The van der Waals surface area contributed by atoms with Crippen molar-refractivity contribution in [2.45, 2.75) is 95.9 Å². The normalized spacial score (nSPS) is 9.32. The predicted molar refractivity (Wildman–Crippen MR) is 192 cm³/mol. The van der Waals surface area contributed by atoms with Gasteiger partial charge in [-0.1, -0.05) is 13.8 Å². The molecule has 320 valence electrons. The van der Waals surface area contributed by atoms with E-state index in [0.717, 1.165) is 6.61 Å². The Balaban J connectivity index is -0.0000000950. The fourth-order valence-electron chi connectivity index (χ4n) is 1.36. The van der Waals surface area contributed by atoms with Crippen LogP contribution >= 0.6 is 0 Å². The van der Waals surface area contributed by atoms with Crippen LogP contribution in [0.4, 0.5) is 0 Å². The molecule has 0 atom stereocenters. The first-order valence-electron chi connectivity index (χ1n) is 16.1. The average molecular weight is 821 g/mol. The van der Waals surface area contributed by atoms with Crippen molar-refractivity contribution in [2.75, 3.05) is 72.5 Å². The molecule has 0 fully saturated rings. The minimum atomic E-state index is -3.49. The third-order valence-corrected chi connectivity index (χ3v) is 6.43. The average Bonchev–Trinajstić information content (AvgIpc) is 3.08. The van der Waals surface area contributed by atoms with Crippen LogP contribution < -0.4 is 0 Å². The summed E-state index contributed by atoms with van der Waals surface area (Å²) in [5.41, 5.74) is 0. The number of esters is 6. The van der Waals surface area contributed by atoms with Crippen molar-refractivity contribution in [3.8, 4) is 0 Å². The van der Waals surface area contributed by atoms with E-state index in [4.69, 9.17) is 4.74 Å². The Kier molecular flexibility index (Phi) is 59.1. The van der Waals surface area contributed by atoms with Gasteiger partial charge in [0.05, 0.1) is 31.8 Å². The minimum Gasteiger partial charge on any atom is -0.469 e. The predicted octanol–water partition coefficient (Wildman–Crippen LogP) is 3.04. The minimum absolute atomic E-state index is 0.0564.